The van der Waals surface area contributed by atoms with Crippen molar-refractivity contribution >= 4 is 5.90 Å². The van der Waals surface area contributed by atoms with E-state index in [2.05, 4.69) is 5.32 Å². The summed E-state index contributed by atoms with van der Waals surface area (Å²) in [7, 11) is 0. The molecule has 1 unspecified atom stereocenters. The summed E-state index contributed by atoms with van der Waals surface area (Å²) in [6, 6.07) is 0.0628. The van der Waals surface area contributed by atoms with E-state index in [1.54, 1.807) is 6.92 Å². The standard InChI is InChI=1S/C13H24N4O4/c1-9(14)3-8-21-13(15)12(17(18)19)10(2)16-11-4-6-20-7-5-11/h9,11,15-16H,3-8,14H2,1-2H3/b12-10+,15-13?. The molecule has 1 aliphatic rings. The Morgan fingerprint density at radius 1 is 1.57 bits per heavy atom. The summed E-state index contributed by atoms with van der Waals surface area (Å²) in [5, 5.41) is 22.0. The molecular formula is C13H24N4O4. The van der Waals surface area contributed by atoms with Crippen LogP contribution in [0.3, 0.4) is 0 Å². The fourth-order valence-electron chi connectivity index (χ4n) is 2.02. The third kappa shape index (κ3) is 6.09. The molecule has 1 aliphatic heterocycles. The first-order valence-corrected chi connectivity index (χ1v) is 7.08. The van der Waals surface area contributed by atoms with Crippen LogP contribution in [0.15, 0.2) is 11.4 Å². The molecule has 0 aromatic carbocycles. The SMILES string of the molecule is C/C(NC1CCOCC1)=C(/C(=N)OCCC(C)N)[N+](=O)[O-]. The zero-order valence-electron chi connectivity index (χ0n) is 12.6. The maximum atomic E-state index is 11.2. The predicted octanol–water partition coefficient (Wildman–Crippen LogP) is 0.994. The smallest absolute Gasteiger partial charge is 0.348 e. The summed E-state index contributed by atoms with van der Waals surface area (Å²) in [5.74, 6) is -0.433. The van der Waals surface area contributed by atoms with Gasteiger partial charge in [-0.25, -0.2) is 0 Å². The van der Waals surface area contributed by atoms with Gasteiger partial charge in [-0.15, -0.1) is 0 Å². The number of nitrogens with two attached hydrogens (primary N) is 1. The average Bonchev–Trinajstić information content (AvgIpc) is 2.38. The number of hydrogen-bond donors (Lipinski definition) is 3. The van der Waals surface area contributed by atoms with Gasteiger partial charge in [-0.1, -0.05) is 0 Å². The van der Waals surface area contributed by atoms with E-state index in [-0.39, 0.29) is 24.4 Å². The normalized spacial score (nSPS) is 18.6. The largest absolute Gasteiger partial charge is 0.473 e. The minimum absolute atomic E-state index is 0.0673. The van der Waals surface area contributed by atoms with Gasteiger partial charge < -0.3 is 20.5 Å². The van der Waals surface area contributed by atoms with Crippen LogP contribution in [0.4, 0.5) is 0 Å². The fraction of sp³-hybridized carbons (Fsp3) is 0.769. The lowest BCUT2D eigenvalue weighted by Gasteiger charge is -2.24. The van der Waals surface area contributed by atoms with Crippen LogP contribution in [0.1, 0.15) is 33.1 Å². The molecule has 0 saturated carbocycles. The molecular weight excluding hydrogens is 276 g/mol. The van der Waals surface area contributed by atoms with Crippen LogP contribution in [0.25, 0.3) is 0 Å². The first-order valence-electron chi connectivity index (χ1n) is 7.08. The summed E-state index contributed by atoms with van der Waals surface area (Å²) < 4.78 is 10.4. The molecule has 21 heavy (non-hydrogen) atoms. The first-order chi connectivity index (χ1) is 9.91. The van der Waals surface area contributed by atoms with Crippen molar-refractivity contribution in [2.75, 3.05) is 19.8 Å². The number of nitro groups is 1. The van der Waals surface area contributed by atoms with Crippen molar-refractivity contribution in [1.29, 1.82) is 5.41 Å². The minimum Gasteiger partial charge on any atom is -0.473 e. The molecule has 1 saturated heterocycles. The number of ether oxygens (including phenoxy) is 2. The van der Waals surface area contributed by atoms with E-state index in [9.17, 15) is 10.1 Å². The molecule has 1 atom stereocenters. The van der Waals surface area contributed by atoms with E-state index < -0.39 is 10.8 Å². The van der Waals surface area contributed by atoms with Gasteiger partial charge in [0, 0.05) is 25.3 Å². The lowest BCUT2D eigenvalue weighted by atomic mass is 10.1. The van der Waals surface area contributed by atoms with E-state index in [0.717, 1.165) is 12.8 Å². The van der Waals surface area contributed by atoms with Crippen LogP contribution >= 0.6 is 0 Å². The topological polar surface area (TPSA) is 124 Å². The number of nitrogens with one attached hydrogen (secondary N) is 2. The van der Waals surface area contributed by atoms with Gasteiger partial charge in [0.1, 0.15) is 0 Å². The number of rotatable bonds is 7. The van der Waals surface area contributed by atoms with Gasteiger partial charge in [0.05, 0.1) is 17.2 Å². The lowest BCUT2D eigenvalue weighted by Crippen LogP contribution is -2.35. The molecule has 0 spiro atoms. The van der Waals surface area contributed by atoms with Crippen molar-refractivity contribution in [3.05, 3.63) is 21.5 Å². The summed E-state index contributed by atoms with van der Waals surface area (Å²) >= 11 is 0. The Labute approximate surface area is 124 Å². The molecule has 8 heteroatoms. The van der Waals surface area contributed by atoms with Crippen molar-refractivity contribution in [3.8, 4) is 0 Å². The third-order valence-electron chi connectivity index (χ3n) is 3.21. The lowest BCUT2D eigenvalue weighted by molar-refractivity contribution is -0.418. The van der Waals surface area contributed by atoms with Gasteiger partial charge in [0.25, 0.3) is 5.90 Å². The highest BCUT2D eigenvalue weighted by molar-refractivity contribution is 5.89. The van der Waals surface area contributed by atoms with Crippen molar-refractivity contribution in [3.63, 3.8) is 0 Å². The quantitative estimate of drug-likeness (QED) is 0.279. The average molecular weight is 300 g/mol. The molecule has 0 aromatic rings. The van der Waals surface area contributed by atoms with Crippen LogP contribution in [0.5, 0.6) is 0 Å². The van der Waals surface area contributed by atoms with Gasteiger partial charge >= 0.3 is 5.70 Å². The van der Waals surface area contributed by atoms with E-state index in [4.69, 9.17) is 20.6 Å². The van der Waals surface area contributed by atoms with Gasteiger partial charge in [-0.05, 0) is 33.1 Å². The number of hydrogen-bond acceptors (Lipinski definition) is 7. The second-order valence-electron chi connectivity index (χ2n) is 5.21. The maximum absolute atomic E-state index is 11.2. The Balaban J connectivity index is 2.66. The molecule has 0 bridgehead atoms. The van der Waals surface area contributed by atoms with E-state index in [0.29, 0.717) is 25.3 Å². The zero-order valence-corrected chi connectivity index (χ0v) is 12.6. The van der Waals surface area contributed by atoms with Gasteiger partial charge in [0.2, 0.25) is 0 Å². The zero-order chi connectivity index (χ0) is 15.8. The van der Waals surface area contributed by atoms with Crippen molar-refractivity contribution in [1.82, 2.24) is 5.32 Å². The first kappa shape index (κ1) is 17.4. The number of allylic oxidation sites excluding steroid dienone is 1. The monoisotopic (exact) mass is 300 g/mol. The van der Waals surface area contributed by atoms with E-state index >= 15 is 0 Å². The highest BCUT2D eigenvalue weighted by Gasteiger charge is 2.25. The van der Waals surface area contributed by atoms with Gasteiger partial charge in [0.15, 0.2) is 0 Å². The van der Waals surface area contributed by atoms with Crippen LogP contribution in [0.2, 0.25) is 0 Å². The van der Waals surface area contributed by atoms with Crippen LogP contribution < -0.4 is 11.1 Å². The summed E-state index contributed by atoms with van der Waals surface area (Å²) in [5.41, 5.74) is 5.59. The van der Waals surface area contributed by atoms with Gasteiger partial charge in [-0.2, -0.15) is 0 Å². The molecule has 0 amide bonds. The van der Waals surface area contributed by atoms with Crippen molar-refractivity contribution in [2.45, 2.75) is 45.2 Å². The van der Waals surface area contributed by atoms with E-state index in [1.165, 1.54) is 0 Å². The van der Waals surface area contributed by atoms with Gasteiger partial charge in [-0.3, -0.25) is 15.5 Å². The molecule has 120 valence electrons. The molecule has 0 aliphatic carbocycles. The van der Waals surface area contributed by atoms with Crippen molar-refractivity contribution < 1.29 is 14.4 Å². The highest BCUT2D eigenvalue weighted by Crippen LogP contribution is 2.12. The van der Waals surface area contributed by atoms with Crippen molar-refractivity contribution in [2.24, 2.45) is 5.73 Å². The van der Waals surface area contributed by atoms with Crippen LogP contribution in [-0.2, 0) is 9.47 Å². The Hall–Kier alpha value is -1.67. The predicted molar refractivity (Wildman–Crippen MR) is 78.6 cm³/mol. The summed E-state index contributed by atoms with van der Waals surface area (Å²) in [6.45, 7) is 4.88. The maximum Gasteiger partial charge on any atom is 0.348 e. The molecule has 4 N–H and O–H groups in total. The second kappa shape index (κ2) is 8.58. The molecule has 1 fully saturated rings. The Morgan fingerprint density at radius 3 is 2.71 bits per heavy atom. The third-order valence-corrected chi connectivity index (χ3v) is 3.21. The van der Waals surface area contributed by atoms with Crippen LogP contribution in [-0.4, -0.2) is 42.7 Å². The molecule has 0 radical (unpaired) electrons. The minimum atomic E-state index is -0.587. The Morgan fingerprint density at radius 2 is 2.19 bits per heavy atom. The Bertz CT molecular complexity index is 403. The molecule has 1 rings (SSSR count). The van der Waals surface area contributed by atoms with E-state index in [1.807, 2.05) is 6.92 Å². The second-order valence-corrected chi connectivity index (χ2v) is 5.21. The molecule has 8 nitrogen and oxygen atoms in total. The highest BCUT2D eigenvalue weighted by atomic mass is 16.6. The molecule has 0 aromatic heterocycles. The molecule has 1 heterocycles. The Kier molecular flexibility index (Phi) is 7.10. The number of nitrogens with zero attached hydrogens (tertiary/aromatic N) is 1. The fourth-order valence-corrected chi connectivity index (χ4v) is 2.02. The summed E-state index contributed by atoms with van der Waals surface area (Å²) in [4.78, 5) is 10.6. The van der Waals surface area contributed by atoms with Crippen LogP contribution in [0, 0.1) is 15.5 Å². The summed E-state index contributed by atoms with van der Waals surface area (Å²) in [6.07, 6.45) is 2.13.